The number of hydrogen-bond acceptors (Lipinski definition) is 3. The minimum atomic E-state index is 0. The summed E-state index contributed by atoms with van der Waals surface area (Å²) in [6.45, 7) is 0. The number of benzene rings is 1. The van der Waals surface area contributed by atoms with Crippen molar-refractivity contribution in [1.29, 1.82) is 0 Å². The number of ether oxygens (including phenoxy) is 1. The Kier molecular flexibility index (Phi) is 4.82. The number of hydrogen-bond donors (Lipinski definition) is 1. The Labute approximate surface area is 119 Å². The van der Waals surface area contributed by atoms with Crippen molar-refractivity contribution in [2.24, 2.45) is 0 Å². The van der Waals surface area contributed by atoms with E-state index in [9.17, 15) is 0 Å². The Hall–Kier alpha value is -0.380. The van der Waals surface area contributed by atoms with Crippen molar-refractivity contribution in [2.75, 3.05) is 7.11 Å². The van der Waals surface area contributed by atoms with Gasteiger partial charge < -0.3 is 10.1 Å². The molecule has 2 aliphatic heterocycles. The molecule has 2 fully saturated rings. The zero-order valence-electron chi connectivity index (χ0n) is 10.6. The molecule has 0 aromatic heterocycles. The summed E-state index contributed by atoms with van der Waals surface area (Å²) < 4.78 is 5.18. The van der Waals surface area contributed by atoms with E-state index in [0.717, 1.165) is 23.1 Å². The summed E-state index contributed by atoms with van der Waals surface area (Å²) in [5, 5.41) is 4.48. The van der Waals surface area contributed by atoms with Gasteiger partial charge in [0.15, 0.2) is 0 Å². The van der Waals surface area contributed by atoms with Gasteiger partial charge in [0, 0.05) is 22.2 Å². The van der Waals surface area contributed by atoms with Crippen LogP contribution in [-0.4, -0.2) is 24.4 Å². The smallest absolute Gasteiger partial charge is 0.118 e. The highest BCUT2D eigenvalue weighted by atomic mass is 35.5. The Morgan fingerprint density at radius 3 is 2.28 bits per heavy atom. The van der Waals surface area contributed by atoms with Gasteiger partial charge in [-0.3, -0.25) is 0 Å². The third-order valence-corrected chi connectivity index (χ3v) is 5.05. The van der Waals surface area contributed by atoms with Crippen LogP contribution in [-0.2, 0) is 0 Å². The number of halogens is 1. The maximum Gasteiger partial charge on any atom is 0.118 e. The van der Waals surface area contributed by atoms with E-state index < -0.39 is 0 Å². The molecule has 3 rings (SSSR count). The number of thioether (sulfide) groups is 1. The summed E-state index contributed by atoms with van der Waals surface area (Å²) in [5.74, 6) is 0.944. The lowest BCUT2D eigenvalue weighted by Crippen LogP contribution is -2.39. The molecule has 2 heterocycles. The Bertz CT molecular complexity index is 372. The third kappa shape index (κ3) is 3.14. The van der Waals surface area contributed by atoms with Gasteiger partial charge in [-0.25, -0.2) is 0 Å². The van der Waals surface area contributed by atoms with Gasteiger partial charge in [0.25, 0.3) is 0 Å². The molecular weight excluding hydrogens is 266 g/mol. The molecule has 0 saturated carbocycles. The van der Waals surface area contributed by atoms with E-state index in [4.69, 9.17) is 4.74 Å². The first-order chi connectivity index (χ1) is 8.33. The van der Waals surface area contributed by atoms with E-state index >= 15 is 0 Å². The van der Waals surface area contributed by atoms with Gasteiger partial charge in [-0.1, -0.05) is 0 Å². The minimum Gasteiger partial charge on any atom is -0.497 e. The van der Waals surface area contributed by atoms with Crippen LogP contribution in [0.4, 0.5) is 0 Å². The molecule has 2 unspecified atom stereocenters. The Morgan fingerprint density at radius 2 is 1.72 bits per heavy atom. The summed E-state index contributed by atoms with van der Waals surface area (Å²) >= 11 is 2.04. The molecule has 2 atom stereocenters. The summed E-state index contributed by atoms with van der Waals surface area (Å²) in [7, 11) is 1.71. The van der Waals surface area contributed by atoms with Crippen LogP contribution in [0.2, 0.25) is 0 Å². The highest BCUT2D eigenvalue weighted by molar-refractivity contribution is 8.00. The van der Waals surface area contributed by atoms with Crippen molar-refractivity contribution in [2.45, 2.75) is 47.9 Å². The van der Waals surface area contributed by atoms with Crippen LogP contribution in [0.3, 0.4) is 0 Å². The van der Waals surface area contributed by atoms with Crippen molar-refractivity contribution in [3.63, 3.8) is 0 Å². The molecular formula is C14H20ClNOS. The van der Waals surface area contributed by atoms with Gasteiger partial charge in [0.05, 0.1) is 7.11 Å². The normalized spacial score (nSPS) is 29.7. The number of piperidine rings is 1. The molecule has 2 saturated heterocycles. The first-order valence-corrected chi connectivity index (χ1v) is 7.28. The molecule has 0 amide bonds. The largest absolute Gasteiger partial charge is 0.497 e. The SMILES string of the molecule is COc1ccc(SC2CC3CCC(C2)N3)cc1.Cl. The monoisotopic (exact) mass is 285 g/mol. The van der Waals surface area contributed by atoms with Gasteiger partial charge >= 0.3 is 0 Å². The van der Waals surface area contributed by atoms with E-state index in [1.165, 1.54) is 30.6 Å². The first-order valence-electron chi connectivity index (χ1n) is 6.40. The van der Waals surface area contributed by atoms with Crippen LogP contribution >= 0.6 is 24.2 Å². The van der Waals surface area contributed by atoms with Crippen molar-refractivity contribution in [3.05, 3.63) is 24.3 Å². The molecule has 2 bridgehead atoms. The summed E-state index contributed by atoms with van der Waals surface area (Å²) in [5.41, 5.74) is 0. The quantitative estimate of drug-likeness (QED) is 0.918. The fourth-order valence-corrected chi connectivity index (χ4v) is 4.28. The summed E-state index contributed by atoms with van der Waals surface area (Å²) in [4.78, 5) is 1.37. The van der Waals surface area contributed by atoms with Gasteiger partial charge in [0.2, 0.25) is 0 Å². The average Bonchev–Trinajstić information content (AvgIpc) is 2.70. The highest BCUT2D eigenvalue weighted by Crippen LogP contribution is 2.37. The molecule has 4 heteroatoms. The lowest BCUT2D eigenvalue weighted by molar-refractivity contribution is 0.413. The number of rotatable bonds is 3. The maximum atomic E-state index is 5.18. The molecule has 100 valence electrons. The van der Waals surface area contributed by atoms with Crippen LogP contribution < -0.4 is 10.1 Å². The van der Waals surface area contributed by atoms with Crippen LogP contribution in [0.15, 0.2) is 29.2 Å². The van der Waals surface area contributed by atoms with Gasteiger partial charge in [-0.15, -0.1) is 24.2 Å². The number of nitrogens with one attached hydrogen (secondary N) is 1. The second-order valence-corrected chi connectivity index (χ2v) is 6.40. The summed E-state index contributed by atoms with van der Waals surface area (Å²) in [6, 6.07) is 10.0. The number of fused-ring (bicyclic) bond motifs is 2. The van der Waals surface area contributed by atoms with Gasteiger partial charge in [-0.2, -0.15) is 0 Å². The third-order valence-electron chi connectivity index (χ3n) is 3.79. The minimum absolute atomic E-state index is 0. The lowest BCUT2D eigenvalue weighted by Gasteiger charge is -2.28. The van der Waals surface area contributed by atoms with Crippen LogP contribution in [0.5, 0.6) is 5.75 Å². The predicted octanol–water partition coefficient (Wildman–Crippen LogP) is 3.49. The van der Waals surface area contributed by atoms with Gasteiger partial charge in [0.1, 0.15) is 5.75 Å². The average molecular weight is 286 g/mol. The molecule has 18 heavy (non-hydrogen) atoms. The molecule has 2 aliphatic rings. The highest BCUT2D eigenvalue weighted by Gasteiger charge is 2.33. The van der Waals surface area contributed by atoms with E-state index in [2.05, 4.69) is 29.6 Å². The van der Waals surface area contributed by atoms with E-state index in [-0.39, 0.29) is 12.4 Å². The number of methoxy groups -OCH3 is 1. The standard InChI is InChI=1S/C14H19NOS.ClH/c1-16-12-4-6-13(7-5-12)17-14-8-10-2-3-11(9-14)15-10;/h4-7,10-11,14-15H,2-3,8-9H2,1H3;1H. The molecule has 0 aliphatic carbocycles. The Morgan fingerprint density at radius 1 is 1.11 bits per heavy atom. The van der Waals surface area contributed by atoms with Gasteiger partial charge in [-0.05, 0) is 49.9 Å². The fourth-order valence-electron chi connectivity index (χ4n) is 2.95. The van der Waals surface area contributed by atoms with Crippen LogP contribution in [0, 0.1) is 0 Å². The van der Waals surface area contributed by atoms with E-state index in [1.54, 1.807) is 7.11 Å². The molecule has 0 radical (unpaired) electrons. The van der Waals surface area contributed by atoms with Crippen LogP contribution in [0.1, 0.15) is 25.7 Å². The van der Waals surface area contributed by atoms with E-state index in [1.807, 2.05) is 11.8 Å². The molecule has 1 N–H and O–H groups in total. The molecule has 2 nitrogen and oxygen atoms in total. The van der Waals surface area contributed by atoms with Crippen molar-refractivity contribution in [1.82, 2.24) is 5.32 Å². The van der Waals surface area contributed by atoms with Crippen molar-refractivity contribution >= 4 is 24.2 Å². The topological polar surface area (TPSA) is 21.3 Å². The van der Waals surface area contributed by atoms with E-state index in [0.29, 0.717) is 0 Å². The molecule has 0 spiro atoms. The molecule has 1 aromatic rings. The predicted molar refractivity (Wildman–Crippen MR) is 79.1 cm³/mol. The summed E-state index contributed by atoms with van der Waals surface area (Å²) in [6.07, 6.45) is 5.41. The second-order valence-electron chi connectivity index (χ2n) is 5.02. The fraction of sp³-hybridized carbons (Fsp3) is 0.571. The Balaban J connectivity index is 0.00000120. The van der Waals surface area contributed by atoms with Crippen molar-refractivity contribution in [3.8, 4) is 5.75 Å². The maximum absolute atomic E-state index is 5.18. The zero-order chi connectivity index (χ0) is 11.7. The van der Waals surface area contributed by atoms with Crippen molar-refractivity contribution < 1.29 is 4.74 Å². The van der Waals surface area contributed by atoms with Crippen LogP contribution in [0.25, 0.3) is 0 Å². The zero-order valence-corrected chi connectivity index (χ0v) is 12.2. The molecule has 1 aromatic carbocycles. The lowest BCUT2D eigenvalue weighted by atomic mass is 10.1. The second kappa shape index (κ2) is 6.18. The first kappa shape index (κ1) is 14.0.